The Morgan fingerprint density at radius 3 is 2.42 bits per heavy atom. The van der Waals surface area contributed by atoms with Gasteiger partial charge in [0.2, 0.25) is 0 Å². The molecule has 0 saturated carbocycles. The lowest BCUT2D eigenvalue weighted by Crippen LogP contribution is -2.06. The van der Waals surface area contributed by atoms with Gasteiger partial charge in [-0.25, -0.2) is 4.98 Å². The molecule has 0 aliphatic rings. The van der Waals surface area contributed by atoms with Gasteiger partial charge in [-0.15, -0.1) is 0 Å². The first-order chi connectivity index (χ1) is 15.2. The van der Waals surface area contributed by atoms with Crippen molar-refractivity contribution in [2.45, 2.75) is 39.2 Å². The molecule has 3 nitrogen and oxygen atoms in total. The molecule has 1 heterocycles. The van der Waals surface area contributed by atoms with Gasteiger partial charge in [-0.2, -0.15) is 0 Å². The van der Waals surface area contributed by atoms with Crippen LogP contribution in [0.2, 0.25) is 0 Å². The zero-order valence-electron chi connectivity index (χ0n) is 18.4. The molecule has 0 aliphatic heterocycles. The van der Waals surface area contributed by atoms with Crippen molar-refractivity contribution in [2.75, 3.05) is 6.61 Å². The van der Waals surface area contributed by atoms with E-state index in [1.165, 1.54) is 11.1 Å². The van der Waals surface area contributed by atoms with Gasteiger partial charge in [-0.3, -0.25) is 0 Å². The molecule has 3 aromatic carbocycles. The lowest BCUT2D eigenvalue weighted by Gasteiger charge is -2.11. The van der Waals surface area contributed by atoms with E-state index in [0.717, 1.165) is 42.0 Å². The maximum atomic E-state index is 6.00. The Labute approximate surface area is 185 Å². The predicted octanol–water partition coefficient (Wildman–Crippen LogP) is 7.19. The lowest BCUT2D eigenvalue weighted by molar-refractivity contribution is 0.302. The molecule has 158 valence electrons. The molecule has 1 atom stereocenters. The lowest BCUT2D eigenvalue weighted by atomic mass is 9.99. The fourth-order valence-electron chi connectivity index (χ4n) is 3.73. The van der Waals surface area contributed by atoms with E-state index in [9.17, 15) is 0 Å². The highest BCUT2D eigenvalue weighted by molar-refractivity contribution is 5.79. The van der Waals surface area contributed by atoms with Gasteiger partial charge in [0.1, 0.15) is 11.6 Å². The second-order valence-corrected chi connectivity index (χ2v) is 7.93. The van der Waals surface area contributed by atoms with Crippen molar-refractivity contribution in [1.29, 1.82) is 0 Å². The van der Waals surface area contributed by atoms with Crippen LogP contribution in [0.3, 0.4) is 0 Å². The summed E-state index contributed by atoms with van der Waals surface area (Å²) in [6, 6.07) is 27.2. The topological polar surface area (TPSA) is 27.1 Å². The van der Waals surface area contributed by atoms with Crippen LogP contribution in [0.25, 0.3) is 23.2 Å². The minimum absolute atomic E-state index is 0.589. The monoisotopic (exact) mass is 410 g/mol. The predicted molar refractivity (Wildman–Crippen MR) is 130 cm³/mol. The number of hydrogen-bond donors (Lipinski definition) is 0. The normalized spacial score (nSPS) is 12.5. The van der Waals surface area contributed by atoms with Crippen LogP contribution in [0.1, 0.15) is 49.6 Å². The van der Waals surface area contributed by atoms with Gasteiger partial charge in [0.05, 0.1) is 17.6 Å². The van der Waals surface area contributed by atoms with Crippen molar-refractivity contribution in [3.05, 3.63) is 95.8 Å². The average Bonchev–Trinajstić information content (AvgIpc) is 3.18. The standard InChI is InChI=1S/C28H30N2O/c1-3-22(2)24-15-17-25(18-16-24)31-21-9-20-30-27-13-8-7-12-26(27)29-28(30)19-14-23-10-5-4-6-11-23/h4-8,10-19,22H,3,9,20-21H2,1-2H3/b19-14+. The molecular formula is C28H30N2O. The Kier molecular flexibility index (Phi) is 6.83. The molecule has 0 amide bonds. The van der Waals surface area contributed by atoms with E-state index in [0.29, 0.717) is 12.5 Å². The van der Waals surface area contributed by atoms with Crippen LogP contribution < -0.4 is 4.74 Å². The highest BCUT2D eigenvalue weighted by Gasteiger charge is 2.08. The van der Waals surface area contributed by atoms with E-state index < -0.39 is 0 Å². The number of rotatable bonds is 9. The summed E-state index contributed by atoms with van der Waals surface area (Å²) in [4.78, 5) is 4.83. The maximum Gasteiger partial charge on any atom is 0.133 e. The fraction of sp³-hybridized carbons (Fsp3) is 0.250. The number of imidazole rings is 1. The first-order valence-electron chi connectivity index (χ1n) is 11.2. The number of fused-ring (bicyclic) bond motifs is 1. The molecule has 4 rings (SSSR count). The maximum absolute atomic E-state index is 6.00. The molecule has 4 aromatic rings. The number of aryl methyl sites for hydroxylation is 1. The van der Waals surface area contributed by atoms with Crippen LogP contribution in [0, 0.1) is 0 Å². The van der Waals surface area contributed by atoms with Gasteiger partial charge in [0, 0.05) is 6.54 Å². The minimum Gasteiger partial charge on any atom is -0.494 e. The Morgan fingerprint density at radius 2 is 1.65 bits per heavy atom. The zero-order chi connectivity index (χ0) is 21.5. The van der Waals surface area contributed by atoms with Crippen molar-refractivity contribution in [2.24, 2.45) is 0 Å². The molecular weight excluding hydrogens is 380 g/mol. The van der Waals surface area contributed by atoms with Gasteiger partial charge in [-0.05, 0) is 60.2 Å². The van der Waals surface area contributed by atoms with E-state index >= 15 is 0 Å². The van der Waals surface area contributed by atoms with Crippen molar-refractivity contribution in [3.63, 3.8) is 0 Å². The third kappa shape index (κ3) is 5.24. The Bertz CT molecular complexity index is 1130. The molecule has 0 radical (unpaired) electrons. The molecule has 0 bridgehead atoms. The number of benzene rings is 3. The minimum atomic E-state index is 0.589. The van der Waals surface area contributed by atoms with Crippen LogP contribution in [0.5, 0.6) is 5.75 Å². The molecule has 3 heteroatoms. The van der Waals surface area contributed by atoms with Gasteiger partial charge < -0.3 is 9.30 Å². The van der Waals surface area contributed by atoms with E-state index in [1.807, 2.05) is 12.1 Å². The second-order valence-electron chi connectivity index (χ2n) is 7.93. The second kappa shape index (κ2) is 10.1. The summed E-state index contributed by atoms with van der Waals surface area (Å²) in [7, 11) is 0. The highest BCUT2D eigenvalue weighted by Crippen LogP contribution is 2.22. The summed E-state index contributed by atoms with van der Waals surface area (Å²) in [6.45, 7) is 6.02. The van der Waals surface area contributed by atoms with Crippen molar-refractivity contribution in [3.8, 4) is 5.75 Å². The van der Waals surface area contributed by atoms with E-state index in [-0.39, 0.29) is 0 Å². The Balaban J connectivity index is 1.42. The highest BCUT2D eigenvalue weighted by atomic mass is 16.5. The van der Waals surface area contributed by atoms with E-state index in [2.05, 4.69) is 97.3 Å². The van der Waals surface area contributed by atoms with Gasteiger partial charge in [0.15, 0.2) is 0 Å². The summed E-state index contributed by atoms with van der Waals surface area (Å²) in [5.74, 6) is 2.50. The summed E-state index contributed by atoms with van der Waals surface area (Å²) >= 11 is 0. The van der Waals surface area contributed by atoms with Crippen molar-refractivity contribution >= 4 is 23.2 Å². The molecule has 0 N–H and O–H groups in total. The fourth-order valence-corrected chi connectivity index (χ4v) is 3.73. The Hall–Kier alpha value is -3.33. The quantitative estimate of drug-likeness (QED) is 0.273. The molecule has 1 aromatic heterocycles. The largest absolute Gasteiger partial charge is 0.494 e. The van der Waals surface area contributed by atoms with Crippen molar-refractivity contribution < 1.29 is 4.74 Å². The van der Waals surface area contributed by atoms with E-state index in [1.54, 1.807) is 0 Å². The van der Waals surface area contributed by atoms with Crippen molar-refractivity contribution in [1.82, 2.24) is 9.55 Å². The molecule has 0 saturated heterocycles. The molecule has 0 spiro atoms. The third-order valence-electron chi connectivity index (χ3n) is 5.76. The number of nitrogens with zero attached hydrogens (tertiary/aromatic N) is 2. The summed E-state index contributed by atoms with van der Waals surface area (Å²) in [6.07, 6.45) is 6.29. The first kappa shape index (κ1) is 20.9. The van der Waals surface area contributed by atoms with Gasteiger partial charge in [0.25, 0.3) is 0 Å². The smallest absolute Gasteiger partial charge is 0.133 e. The van der Waals surface area contributed by atoms with Gasteiger partial charge in [-0.1, -0.05) is 74.5 Å². The van der Waals surface area contributed by atoms with E-state index in [4.69, 9.17) is 9.72 Å². The van der Waals surface area contributed by atoms with Crippen LogP contribution >= 0.6 is 0 Å². The summed E-state index contributed by atoms with van der Waals surface area (Å²) in [5, 5.41) is 0. The summed E-state index contributed by atoms with van der Waals surface area (Å²) < 4.78 is 8.28. The average molecular weight is 411 g/mol. The SMILES string of the molecule is CCC(C)c1ccc(OCCCn2c(/C=C/c3ccccc3)nc3ccccc32)cc1. The number of ether oxygens (including phenoxy) is 1. The molecule has 1 unspecified atom stereocenters. The molecule has 0 fully saturated rings. The Morgan fingerprint density at radius 1 is 0.903 bits per heavy atom. The van der Waals surface area contributed by atoms with Crippen LogP contribution in [-0.2, 0) is 6.54 Å². The first-order valence-corrected chi connectivity index (χ1v) is 11.2. The zero-order valence-corrected chi connectivity index (χ0v) is 18.4. The van der Waals surface area contributed by atoms with Crippen LogP contribution in [0.4, 0.5) is 0 Å². The van der Waals surface area contributed by atoms with Gasteiger partial charge >= 0.3 is 0 Å². The molecule has 0 aliphatic carbocycles. The number of aromatic nitrogens is 2. The molecule has 31 heavy (non-hydrogen) atoms. The van der Waals surface area contributed by atoms with Crippen LogP contribution in [0.15, 0.2) is 78.9 Å². The number of hydrogen-bond acceptors (Lipinski definition) is 2. The third-order valence-corrected chi connectivity index (χ3v) is 5.76. The number of para-hydroxylation sites is 2. The summed E-state index contributed by atoms with van der Waals surface area (Å²) in [5.41, 5.74) is 4.73. The van der Waals surface area contributed by atoms with Crippen LogP contribution in [-0.4, -0.2) is 16.2 Å².